The van der Waals surface area contributed by atoms with Crippen molar-refractivity contribution in [2.24, 2.45) is 0 Å². The van der Waals surface area contributed by atoms with E-state index in [1.807, 2.05) is 11.9 Å². The number of hydrogen-bond acceptors (Lipinski definition) is 3. The first kappa shape index (κ1) is 34.4. The molecule has 3 atom stereocenters. The largest absolute Gasteiger partial charge is 0.416 e. The van der Waals surface area contributed by atoms with Gasteiger partial charge in [0.2, 0.25) is 5.91 Å². The highest BCUT2D eigenvalue weighted by atomic mass is 35.5. The van der Waals surface area contributed by atoms with Gasteiger partial charge in [0, 0.05) is 32.7 Å². The minimum Gasteiger partial charge on any atom is -0.337 e. The molecule has 2 fully saturated rings. The third kappa shape index (κ3) is 7.54. The zero-order valence-corrected chi connectivity index (χ0v) is 24.9. The second-order valence-electron chi connectivity index (χ2n) is 11.1. The summed E-state index contributed by atoms with van der Waals surface area (Å²) in [4.78, 5) is 33.0. The average Bonchev–Trinajstić information content (AvgIpc) is 2.90. The van der Waals surface area contributed by atoms with Gasteiger partial charge in [-0.3, -0.25) is 9.69 Å². The topological polar surface area (TPSA) is 47.1 Å². The number of amides is 3. The number of carbonyl (C=O) groups is 2. The SMILES string of the molecule is Cc1cc(F)ccc1[C@H]1C[C@@H](N2CCN(C)CC2=O)CCN1C(=O)N(C)[C@H](C)c1cc(C(F)(F)F)cc(C(F)(F)F)c1.Cl. The molecule has 6 nitrogen and oxygen atoms in total. The monoisotopic (exact) mass is 638 g/mol. The number of likely N-dealkylation sites (tertiary alicyclic amines) is 1. The van der Waals surface area contributed by atoms with E-state index in [4.69, 9.17) is 0 Å². The fourth-order valence-corrected chi connectivity index (χ4v) is 5.77. The van der Waals surface area contributed by atoms with Crippen LogP contribution < -0.4 is 0 Å². The van der Waals surface area contributed by atoms with Gasteiger partial charge >= 0.3 is 18.4 Å². The van der Waals surface area contributed by atoms with Crippen LogP contribution in [0.4, 0.5) is 35.5 Å². The highest BCUT2D eigenvalue weighted by Crippen LogP contribution is 2.40. The van der Waals surface area contributed by atoms with E-state index in [-0.39, 0.29) is 49.1 Å². The number of nitrogens with zero attached hydrogens (tertiary/aromatic N) is 4. The van der Waals surface area contributed by atoms with Crippen LogP contribution in [-0.4, -0.2) is 77.9 Å². The molecule has 2 aliphatic rings. The lowest BCUT2D eigenvalue weighted by Gasteiger charge is -2.47. The van der Waals surface area contributed by atoms with Crippen LogP contribution in [0.5, 0.6) is 0 Å². The van der Waals surface area contributed by atoms with Crippen molar-refractivity contribution in [3.8, 4) is 0 Å². The Morgan fingerprint density at radius 1 is 0.977 bits per heavy atom. The Bertz CT molecular complexity index is 1300. The highest BCUT2D eigenvalue weighted by Gasteiger charge is 2.41. The molecule has 4 rings (SSSR count). The zero-order valence-electron chi connectivity index (χ0n) is 24.1. The summed E-state index contributed by atoms with van der Waals surface area (Å²) in [6.45, 7) is 4.69. The van der Waals surface area contributed by atoms with Crippen molar-refractivity contribution in [3.63, 3.8) is 0 Å². The smallest absolute Gasteiger partial charge is 0.337 e. The Hall–Kier alpha value is -3.06. The quantitative estimate of drug-likeness (QED) is 0.351. The van der Waals surface area contributed by atoms with Gasteiger partial charge in [-0.1, -0.05) is 6.07 Å². The van der Waals surface area contributed by atoms with Crippen LogP contribution in [0.3, 0.4) is 0 Å². The predicted octanol–water partition coefficient (Wildman–Crippen LogP) is 6.69. The number of likely N-dealkylation sites (N-methyl/N-ethyl adjacent to an activating group) is 1. The normalized spacial score (nSPS) is 21.0. The Labute approximate surface area is 251 Å². The fourth-order valence-electron chi connectivity index (χ4n) is 5.77. The maximum Gasteiger partial charge on any atom is 0.416 e. The number of piperidine rings is 1. The summed E-state index contributed by atoms with van der Waals surface area (Å²) < 4.78 is 94.9. The third-order valence-corrected chi connectivity index (χ3v) is 8.28. The molecule has 0 saturated carbocycles. The van der Waals surface area contributed by atoms with Gasteiger partial charge in [-0.2, -0.15) is 26.3 Å². The Balaban J connectivity index is 0.00000506. The number of hydrogen-bond donors (Lipinski definition) is 0. The summed E-state index contributed by atoms with van der Waals surface area (Å²) in [6.07, 6.45) is -9.27. The Morgan fingerprint density at radius 3 is 2.12 bits per heavy atom. The lowest BCUT2D eigenvalue weighted by molar-refractivity contribution is -0.143. The molecule has 0 bridgehead atoms. The molecule has 0 spiro atoms. The van der Waals surface area contributed by atoms with Crippen molar-refractivity contribution >= 4 is 24.3 Å². The molecule has 0 aliphatic carbocycles. The lowest BCUT2D eigenvalue weighted by atomic mass is 9.88. The first-order chi connectivity index (χ1) is 19.5. The number of aryl methyl sites for hydroxylation is 1. The number of carbonyl (C=O) groups excluding carboxylic acids is 2. The molecule has 43 heavy (non-hydrogen) atoms. The van der Waals surface area contributed by atoms with Crippen molar-refractivity contribution in [1.82, 2.24) is 19.6 Å². The van der Waals surface area contributed by atoms with Gasteiger partial charge in [0.1, 0.15) is 5.82 Å². The average molecular weight is 639 g/mol. The van der Waals surface area contributed by atoms with E-state index in [9.17, 15) is 40.3 Å². The second kappa shape index (κ2) is 12.9. The van der Waals surface area contributed by atoms with E-state index in [0.717, 1.165) is 4.90 Å². The number of piperazine rings is 1. The van der Waals surface area contributed by atoms with Crippen molar-refractivity contribution in [3.05, 3.63) is 70.0 Å². The third-order valence-electron chi connectivity index (χ3n) is 8.28. The minimum atomic E-state index is -5.02. The molecular weight excluding hydrogens is 605 g/mol. The molecule has 2 saturated heterocycles. The molecule has 3 amide bonds. The zero-order chi connectivity index (χ0) is 31.1. The van der Waals surface area contributed by atoms with Crippen LogP contribution in [0.15, 0.2) is 36.4 Å². The van der Waals surface area contributed by atoms with Gasteiger partial charge in [0.25, 0.3) is 0 Å². The maximum absolute atomic E-state index is 14.0. The van der Waals surface area contributed by atoms with Crippen LogP contribution in [0.2, 0.25) is 0 Å². The number of urea groups is 1. The summed E-state index contributed by atoms with van der Waals surface area (Å²) in [6, 6.07) is 2.90. The molecule has 2 aromatic rings. The predicted molar refractivity (Wildman–Crippen MR) is 148 cm³/mol. The van der Waals surface area contributed by atoms with E-state index < -0.39 is 47.4 Å². The first-order valence-electron chi connectivity index (χ1n) is 13.5. The molecular formula is C29H34ClF7N4O2. The lowest BCUT2D eigenvalue weighted by Crippen LogP contribution is -2.57. The van der Waals surface area contributed by atoms with Crippen molar-refractivity contribution in [2.75, 3.05) is 40.3 Å². The Kier molecular flexibility index (Phi) is 10.3. The summed E-state index contributed by atoms with van der Waals surface area (Å²) in [5.74, 6) is -0.509. The molecule has 2 heterocycles. The fraction of sp³-hybridized carbons (Fsp3) is 0.517. The van der Waals surface area contributed by atoms with Crippen LogP contribution in [0.25, 0.3) is 0 Å². The van der Waals surface area contributed by atoms with Crippen molar-refractivity contribution < 1.29 is 40.3 Å². The van der Waals surface area contributed by atoms with E-state index in [2.05, 4.69) is 0 Å². The summed E-state index contributed by atoms with van der Waals surface area (Å²) in [5, 5.41) is 0. The van der Waals surface area contributed by atoms with Crippen LogP contribution >= 0.6 is 12.4 Å². The molecule has 0 radical (unpaired) electrons. The number of alkyl halides is 6. The summed E-state index contributed by atoms with van der Waals surface area (Å²) in [7, 11) is 3.17. The molecule has 14 heteroatoms. The molecule has 238 valence electrons. The van der Waals surface area contributed by atoms with Crippen LogP contribution in [0.1, 0.15) is 59.7 Å². The van der Waals surface area contributed by atoms with Crippen molar-refractivity contribution in [2.45, 2.75) is 57.2 Å². The second-order valence-corrected chi connectivity index (χ2v) is 11.1. The van der Waals surface area contributed by atoms with Gasteiger partial charge in [0.15, 0.2) is 0 Å². The number of benzene rings is 2. The van der Waals surface area contributed by atoms with E-state index in [1.54, 1.807) is 17.9 Å². The number of rotatable bonds is 4. The van der Waals surface area contributed by atoms with Crippen LogP contribution in [0, 0.1) is 12.7 Å². The van der Waals surface area contributed by atoms with Gasteiger partial charge in [-0.15, -0.1) is 12.4 Å². The Morgan fingerprint density at radius 2 is 1.58 bits per heavy atom. The van der Waals surface area contributed by atoms with Gasteiger partial charge < -0.3 is 14.7 Å². The van der Waals surface area contributed by atoms with E-state index in [1.165, 1.54) is 31.0 Å². The van der Waals surface area contributed by atoms with Gasteiger partial charge in [0.05, 0.1) is 29.8 Å². The minimum absolute atomic E-state index is 0. The molecule has 2 aliphatic heterocycles. The van der Waals surface area contributed by atoms with Gasteiger partial charge in [-0.05, 0) is 80.8 Å². The summed E-state index contributed by atoms with van der Waals surface area (Å²) >= 11 is 0. The standard InChI is InChI=1S/C29H33F7N4O2.ClH/c1-17-11-22(30)5-6-24(17)25-15-23(39-10-9-37(3)16-26(39)41)7-8-40(25)27(42)38(4)18(2)19-12-20(28(31,32)33)14-21(13-19)29(34,35)36;/h5-6,11-14,18,23,25H,7-10,15-16H2,1-4H3;1H/t18-,23+,25-;/m1./s1. The maximum atomic E-state index is 14.0. The molecule has 2 aromatic carbocycles. The van der Waals surface area contributed by atoms with Gasteiger partial charge in [-0.25, -0.2) is 9.18 Å². The van der Waals surface area contributed by atoms with E-state index in [0.29, 0.717) is 49.2 Å². The van der Waals surface area contributed by atoms with E-state index >= 15 is 0 Å². The summed E-state index contributed by atoms with van der Waals surface area (Å²) in [5.41, 5.74) is -2.02. The number of halogens is 8. The highest BCUT2D eigenvalue weighted by molar-refractivity contribution is 5.85. The molecule has 0 N–H and O–H groups in total. The molecule has 0 aromatic heterocycles. The van der Waals surface area contributed by atoms with Crippen molar-refractivity contribution in [1.29, 1.82) is 0 Å². The molecule has 0 unspecified atom stereocenters. The first-order valence-corrected chi connectivity index (χ1v) is 13.5. The van der Waals surface area contributed by atoms with Crippen LogP contribution in [-0.2, 0) is 17.1 Å².